The third-order valence-corrected chi connectivity index (χ3v) is 6.56. The van der Waals surface area contributed by atoms with E-state index in [0.717, 1.165) is 59.1 Å². The molecule has 0 unspecified atom stereocenters. The van der Waals surface area contributed by atoms with E-state index in [4.69, 9.17) is 4.42 Å². The topological polar surface area (TPSA) is 115 Å². The highest BCUT2D eigenvalue weighted by molar-refractivity contribution is 6.03. The van der Waals surface area contributed by atoms with Crippen LogP contribution >= 0.6 is 0 Å². The highest BCUT2D eigenvalue weighted by atomic mass is 19.4. The van der Waals surface area contributed by atoms with Gasteiger partial charge in [-0.3, -0.25) is 19.0 Å². The van der Waals surface area contributed by atoms with Gasteiger partial charge in [0.15, 0.2) is 0 Å². The molecule has 2 N–H and O–H groups in total. The third kappa shape index (κ3) is 4.93. The van der Waals surface area contributed by atoms with Crippen molar-refractivity contribution in [3.63, 3.8) is 0 Å². The Balaban J connectivity index is 1.50. The Morgan fingerprint density at radius 1 is 0.921 bits per heavy atom. The Morgan fingerprint density at radius 2 is 1.58 bits per heavy atom. The summed E-state index contributed by atoms with van der Waals surface area (Å²) >= 11 is 0. The molecule has 9 nitrogen and oxygen atoms in total. The van der Waals surface area contributed by atoms with Crippen LogP contribution in [-0.2, 0) is 28.9 Å². The van der Waals surface area contributed by atoms with Crippen molar-refractivity contribution in [3.05, 3.63) is 74.9 Å². The van der Waals surface area contributed by atoms with E-state index in [1.807, 2.05) is 0 Å². The summed E-state index contributed by atoms with van der Waals surface area (Å²) in [4.78, 5) is 52.2. The molecule has 38 heavy (non-hydrogen) atoms. The maximum Gasteiger partial charge on any atom is 0.416 e. The summed E-state index contributed by atoms with van der Waals surface area (Å²) in [6.07, 6.45) is -0.926. The number of hydrogen-bond donors (Lipinski definition) is 2. The van der Waals surface area contributed by atoms with E-state index < -0.39 is 47.9 Å². The lowest BCUT2D eigenvalue weighted by atomic mass is 10.2. The van der Waals surface area contributed by atoms with Gasteiger partial charge in [0.25, 0.3) is 5.56 Å². The lowest BCUT2D eigenvalue weighted by Crippen LogP contribution is -2.46. The highest BCUT2D eigenvalue weighted by Gasteiger charge is 2.30. The monoisotopic (exact) mass is 528 g/mol. The fourth-order valence-electron chi connectivity index (χ4n) is 4.76. The number of fused-ring (bicyclic) bond motifs is 3. The summed E-state index contributed by atoms with van der Waals surface area (Å²) in [5.74, 6) is -1.23. The summed E-state index contributed by atoms with van der Waals surface area (Å²) in [6, 6.07) is 10.4. The summed E-state index contributed by atoms with van der Waals surface area (Å²) in [5.41, 5.74) is -2.27. The maximum atomic E-state index is 13.5. The Labute approximate surface area is 212 Å². The number of anilines is 1. The Kier molecular flexibility index (Phi) is 6.55. The van der Waals surface area contributed by atoms with Gasteiger partial charge in [-0.1, -0.05) is 25.0 Å². The zero-order chi connectivity index (χ0) is 27.0. The van der Waals surface area contributed by atoms with E-state index in [1.54, 1.807) is 24.3 Å². The fraction of sp³-hybridized carbons (Fsp3) is 0.308. The minimum absolute atomic E-state index is 0.0233. The number of aromatic nitrogens is 2. The number of carbonyl (C=O) groups is 2. The molecule has 5 rings (SSSR count). The van der Waals surface area contributed by atoms with Crippen LogP contribution in [0, 0.1) is 0 Å². The molecule has 1 fully saturated rings. The molecule has 0 spiro atoms. The predicted octanol–water partition coefficient (Wildman–Crippen LogP) is 3.63. The van der Waals surface area contributed by atoms with Gasteiger partial charge < -0.3 is 15.1 Å². The van der Waals surface area contributed by atoms with Crippen molar-refractivity contribution in [2.45, 2.75) is 51.0 Å². The second-order valence-electron chi connectivity index (χ2n) is 9.21. The molecule has 0 bridgehead atoms. The third-order valence-electron chi connectivity index (χ3n) is 6.56. The number of nitrogens with one attached hydrogen (secondary N) is 2. The number of nitrogens with zero attached hydrogens (tertiary/aromatic N) is 2. The first-order chi connectivity index (χ1) is 18.1. The zero-order valence-corrected chi connectivity index (χ0v) is 20.0. The number of para-hydroxylation sites is 1. The number of rotatable bonds is 6. The van der Waals surface area contributed by atoms with Gasteiger partial charge in [-0.05, 0) is 49.2 Å². The van der Waals surface area contributed by atoms with Crippen molar-refractivity contribution in [3.8, 4) is 0 Å². The lowest BCUT2D eigenvalue weighted by molar-refractivity contribution is -0.137. The Bertz CT molecular complexity index is 1640. The molecule has 2 heterocycles. The van der Waals surface area contributed by atoms with Crippen molar-refractivity contribution in [2.75, 3.05) is 5.32 Å². The molecule has 1 aliphatic carbocycles. The molecule has 0 aliphatic heterocycles. The molecule has 12 heteroatoms. The normalized spacial score (nSPS) is 14.3. The first kappa shape index (κ1) is 25.3. The van der Waals surface area contributed by atoms with E-state index in [0.29, 0.717) is 11.0 Å². The van der Waals surface area contributed by atoms with Gasteiger partial charge in [-0.15, -0.1) is 0 Å². The summed E-state index contributed by atoms with van der Waals surface area (Å²) in [5, 5.41) is 5.71. The molecule has 198 valence electrons. The Hall–Kier alpha value is -4.35. The average Bonchev–Trinajstić information content (AvgIpc) is 3.52. The van der Waals surface area contributed by atoms with Crippen molar-refractivity contribution in [1.82, 2.24) is 14.5 Å². The first-order valence-electron chi connectivity index (χ1n) is 12.0. The van der Waals surface area contributed by atoms with Gasteiger partial charge in [-0.2, -0.15) is 13.2 Å². The van der Waals surface area contributed by atoms with Crippen LogP contribution in [0.25, 0.3) is 22.1 Å². The molecular formula is C26H23F3N4O5. The van der Waals surface area contributed by atoms with E-state index in [9.17, 15) is 32.3 Å². The SMILES string of the molecule is O=C(Cn1c(=O)n(CC(=O)NC2CCCC2)c(=O)c2oc3ccccc3c21)Nc1ccc(C(F)(F)F)cc1. The van der Waals surface area contributed by atoms with Crippen LogP contribution < -0.4 is 21.9 Å². The second-order valence-corrected chi connectivity index (χ2v) is 9.21. The molecular weight excluding hydrogens is 505 g/mol. The van der Waals surface area contributed by atoms with Gasteiger partial charge in [0.2, 0.25) is 17.4 Å². The van der Waals surface area contributed by atoms with Crippen LogP contribution in [0.4, 0.5) is 18.9 Å². The fourth-order valence-corrected chi connectivity index (χ4v) is 4.76. The number of hydrogen-bond acceptors (Lipinski definition) is 5. The van der Waals surface area contributed by atoms with Crippen molar-refractivity contribution in [1.29, 1.82) is 0 Å². The van der Waals surface area contributed by atoms with Gasteiger partial charge in [0.05, 0.1) is 5.56 Å². The van der Waals surface area contributed by atoms with Crippen LogP contribution in [0.2, 0.25) is 0 Å². The molecule has 0 atom stereocenters. The number of carbonyl (C=O) groups excluding carboxylic acids is 2. The highest BCUT2D eigenvalue weighted by Crippen LogP contribution is 2.30. The number of furan rings is 1. The minimum atomic E-state index is -4.53. The van der Waals surface area contributed by atoms with Crippen molar-refractivity contribution >= 4 is 39.6 Å². The first-order valence-corrected chi connectivity index (χ1v) is 12.0. The standard InChI is InChI=1S/C26H23F3N4O5/c27-26(28,29)15-9-11-17(12-10-15)31-20(34)13-32-22-18-7-3-4-8-19(18)38-23(22)24(36)33(25(32)37)14-21(35)30-16-5-1-2-6-16/h3-4,7-12,16H,1-2,5-6,13-14H2,(H,30,35)(H,31,34). The van der Waals surface area contributed by atoms with Crippen LogP contribution in [-0.4, -0.2) is 27.0 Å². The van der Waals surface area contributed by atoms with Crippen LogP contribution in [0.15, 0.2) is 62.5 Å². The van der Waals surface area contributed by atoms with Gasteiger partial charge >= 0.3 is 11.9 Å². The molecule has 2 aromatic carbocycles. The van der Waals surface area contributed by atoms with E-state index in [1.165, 1.54) is 0 Å². The van der Waals surface area contributed by atoms with E-state index in [-0.39, 0.29) is 22.8 Å². The molecule has 2 amide bonds. The van der Waals surface area contributed by atoms with Gasteiger partial charge in [-0.25, -0.2) is 9.36 Å². The van der Waals surface area contributed by atoms with Crippen LogP contribution in [0.3, 0.4) is 0 Å². The maximum absolute atomic E-state index is 13.5. The summed E-state index contributed by atoms with van der Waals surface area (Å²) in [6.45, 7) is -1.13. The number of benzene rings is 2. The number of alkyl halides is 3. The number of halogens is 3. The summed E-state index contributed by atoms with van der Waals surface area (Å²) < 4.78 is 46.0. The minimum Gasteiger partial charge on any atom is -0.449 e. The quantitative estimate of drug-likeness (QED) is 0.397. The smallest absolute Gasteiger partial charge is 0.416 e. The Morgan fingerprint density at radius 3 is 2.26 bits per heavy atom. The largest absolute Gasteiger partial charge is 0.449 e. The predicted molar refractivity (Wildman–Crippen MR) is 133 cm³/mol. The van der Waals surface area contributed by atoms with Crippen LogP contribution in [0.5, 0.6) is 0 Å². The average molecular weight is 528 g/mol. The number of amides is 2. The lowest BCUT2D eigenvalue weighted by Gasteiger charge is -2.14. The summed E-state index contributed by atoms with van der Waals surface area (Å²) in [7, 11) is 0. The van der Waals surface area contributed by atoms with Crippen molar-refractivity contribution in [2.24, 2.45) is 0 Å². The van der Waals surface area contributed by atoms with Crippen molar-refractivity contribution < 1.29 is 27.2 Å². The molecule has 4 aromatic rings. The molecule has 2 aromatic heterocycles. The van der Waals surface area contributed by atoms with Gasteiger partial charge in [0.1, 0.15) is 24.2 Å². The molecule has 0 saturated heterocycles. The van der Waals surface area contributed by atoms with E-state index in [2.05, 4.69) is 10.6 Å². The second kappa shape index (κ2) is 9.84. The zero-order valence-electron chi connectivity index (χ0n) is 20.0. The molecule has 1 saturated carbocycles. The van der Waals surface area contributed by atoms with Crippen LogP contribution in [0.1, 0.15) is 31.2 Å². The van der Waals surface area contributed by atoms with E-state index >= 15 is 0 Å². The molecule has 1 aliphatic rings. The molecule has 0 radical (unpaired) electrons. The van der Waals surface area contributed by atoms with Gasteiger partial charge in [0, 0.05) is 17.1 Å².